The Balaban J connectivity index is 1.13. The van der Waals surface area contributed by atoms with Crippen LogP contribution in [-0.2, 0) is 6.18 Å². The first kappa shape index (κ1) is 23.8. The second-order valence-corrected chi connectivity index (χ2v) is 9.31. The van der Waals surface area contributed by atoms with Crippen LogP contribution in [0.2, 0.25) is 0 Å². The highest BCUT2D eigenvalue weighted by Crippen LogP contribution is 2.32. The van der Waals surface area contributed by atoms with Crippen molar-refractivity contribution in [1.29, 1.82) is 0 Å². The molecule has 5 rings (SSSR count). The van der Waals surface area contributed by atoms with Crippen LogP contribution in [0.5, 0.6) is 5.75 Å². The number of piperidine rings is 1. The summed E-state index contributed by atoms with van der Waals surface area (Å²) in [7, 11) is 2.15. The van der Waals surface area contributed by atoms with E-state index in [4.69, 9.17) is 4.74 Å². The van der Waals surface area contributed by atoms with Crippen LogP contribution in [-0.4, -0.2) is 89.1 Å². The number of halogens is 3. The summed E-state index contributed by atoms with van der Waals surface area (Å²) in [5.41, 5.74) is 1.35. The van der Waals surface area contributed by atoms with Crippen LogP contribution in [0.3, 0.4) is 0 Å². The highest BCUT2D eigenvalue weighted by atomic mass is 19.4. The molecule has 0 unspecified atom stereocenters. The fourth-order valence-electron chi connectivity index (χ4n) is 4.77. The van der Waals surface area contributed by atoms with E-state index in [0.717, 1.165) is 68.9 Å². The van der Waals surface area contributed by atoms with Gasteiger partial charge in [-0.3, -0.25) is 4.90 Å². The molecular weight excluding hydrogens is 459 g/mol. The number of piperazine rings is 1. The van der Waals surface area contributed by atoms with Crippen LogP contribution in [0.15, 0.2) is 36.4 Å². The van der Waals surface area contributed by atoms with E-state index in [2.05, 4.69) is 44.3 Å². The highest BCUT2D eigenvalue weighted by molar-refractivity contribution is 5.46. The summed E-state index contributed by atoms with van der Waals surface area (Å²) in [6.45, 7) is 7.44. The fourth-order valence-corrected chi connectivity index (χ4v) is 4.77. The molecule has 11 heteroatoms. The first-order valence-corrected chi connectivity index (χ1v) is 12.0. The third kappa shape index (κ3) is 5.51. The van der Waals surface area contributed by atoms with E-state index in [1.165, 1.54) is 11.6 Å². The van der Waals surface area contributed by atoms with Crippen molar-refractivity contribution in [2.24, 2.45) is 0 Å². The Hall–Kier alpha value is -2.92. The molecule has 2 fully saturated rings. The van der Waals surface area contributed by atoms with Gasteiger partial charge in [-0.15, -0.1) is 15.3 Å². The number of rotatable bonds is 6. The van der Waals surface area contributed by atoms with Gasteiger partial charge in [-0.1, -0.05) is 12.1 Å². The minimum Gasteiger partial charge on any atom is -0.492 e. The molecule has 0 spiro atoms. The molecule has 2 saturated heterocycles. The number of ether oxygens (including phenoxy) is 1. The maximum atomic E-state index is 13.2. The van der Waals surface area contributed by atoms with E-state index in [1.54, 1.807) is 6.07 Å². The van der Waals surface area contributed by atoms with E-state index < -0.39 is 12.0 Å². The van der Waals surface area contributed by atoms with Crippen molar-refractivity contribution in [2.45, 2.75) is 24.9 Å². The molecule has 0 atom stereocenters. The van der Waals surface area contributed by atoms with Crippen molar-refractivity contribution in [2.75, 3.05) is 64.4 Å². The van der Waals surface area contributed by atoms with Gasteiger partial charge in [-0.25, -0.2) is 0 Å². The molecule has 0 N–H and O–H groups in total. The monoisotopic (exact) mass is 489 g/mol. The van der Waals surface area contributed by atoms with Gasteiger partial charge in [0.05, 0.1) is 0 Å². The molecule has 0 aliphatic carbocycles. The summed E-state index contributed by atoms with van der Waals surface area (Å²) in [4.78, 5) is 6.80. The van der Waals surface area contributed by atoms with Crippen molar-refractivity contribution >= 4 is 11.5 Å². The number of benzene rings is 1. The Kier molecular flexibility index (Phi) is 6.79. The van der Waals surface area contributed by atoms with Crippen LogP contribution in [0.4, 0.5) is 19.0 Å². The zero-order chi connectivity index (χ0) is 24.4. The predicted molar refractivity (Wildman–Crippen MR) is 126 cm³/mol. The van der Waals surface area contributed by atoms with E-state index >= 15 is 0 Å². The summed E-state index contributed by atoms with van der Waals surface area (Å²) >= 11 is 0. The number of nitrogens with zero attached hydrogens (tertiary/aromatic N) is 7. The van der Waals surface area contributed by atoms with Crippen LogP contribution in [0, 0.1) is 0 Å². The van der Waals surface area contributed by atoms with E-state index in [1.807, 2.05) is 17.0 Å². The lowest BCUT2D eigenvalue weighted by atomic mass is 9.89. The molecule has 2 aromatic heterocycles. The molecule has 0 saturated carbocycles. The van der Waals surface area contributed by atoms with Crippen molar-refractivity contribution in [3.8, 4) is 5.75 Å². The van der Waals surface area contributed by atoms with Gasteiger partial charge in [0.2, 0.25) is 0 Å². The first-order valence-electron chi connectivity index (χ1n) is 12.0. The fraction of sp³-hybridized carbons (Fsp3) is 0.542. The third-order valence-corrected chi connectivity index (χ3v) is 6.94. The highest BCUT2D eigenvalue weighted by Gasteiger charge is 2.38. The number of likely N-dealkylation sites (N-methyl/N-ethyl adjacent to an activating group) is 1. The Labute approximate surface area is 202 Å². The Morgan fingerprint density at radius 3 is 2.31 bits per heavy atom. The van der Waals surface area contributed by atoms with E-state index in [9.17, 15) is 13.2 Å². The van der Waals surface area contributed by atoms with Crippen LogP contribution < -0.4 is 9.64 Å². The number of hydrogen-bond donors (Lipinski definition) is 0. The second-order valence-electron chi connectivity index (χ2n) is 9.31. The molecular formula is C24H30F3N7O. The smallest absolute Gasteiger partial charge is 0.453 e. The third-order valence-electron chi connectivity index (χ3n) is 6.94. The summed E-state index contributed by atoms with van der Waals surface area (Å²) < 4.78 is 46.2. The molecule has 8 nitrogen and oxygen atoms in total. The predicted octanol–water partition coefficient (Wildman–Crippen LogP) is 3.15. The molecule has 2 aliphatic heterocycles. The molecule has 0 bridgehead atoms. The lowest BCUT2D eigenvalue weighted by Gasteiger charge is -2.33. The summed E-state index contributed by atoms with van der Waals surface area (Å²) in [6.07, 6.45) is -2.80. The van der Waals surface area contributed by atoms with Gasteiger partial charge in [0.15, 0.2) is 5.65 Å². The summed E-state index contributed by atoms with van der Waals surface area (Å²) in [6, 6.07) is 11.6. The van der Waals surface area contributed by atoms with Crippen molar-refractivity contribution in [1.82, 2.24) is 29.6 Å². The zero-order valence-corrected chi connectivity index (χ0v) is 19.8. The number of fused-ring (bicyclic) bond motifs is 1. The van der Waals surface area contributed by atoms with E-state index in [0.29, 0.717) is 18.3 Å². The molecule has 188 valence electrons. The zero-order valence-electron chi connectivity index (χ0n) is 19.8. The SMILES string of the molecule is CN1CCN(CCOc2ccc(C3CCN(c4ccc5nnc(C(F)(F)F)n5n4)CC3)cc2)CC1. The minimum absolute atomic E-state index is 0.0850. The van der Waals surface area contributed by atoms with Gasteiger partial charge < -0.3 is 14.5 Å². The molecule has 3 aromatic rings. The molecule has 1 aromatic carbocycles. The summed E-state index contributed by atoms with van der Waals surface area (Å²) in [5, 5.41) is 11.0. The maximum Gasteiger partial charge on any atom is 0.453 e. The molecule has 35 heavy (non-hydrogen) atoms. The number of alkyl halides is 3. The number of aromatic nitrogens is 4. The van der Waals surface area contributed by atoms with Crippen molar-refractivity contribution < 1.29 is 17.9 Å². The largest absolute Gasteiger partial charge is 0.492 e. The van der Waals surface area contributed by atoms with Gasteiger partial charge >= 0.3 is 6.18 Å². The molecule has 0 radical (unpaired) electrons. The topological polar surface area (TPSA) is 62.0 Å². The number of hydrogen-bond acceptors (Lipinski definition) is 7. The van der Waals surface area contributed by atoms with Crippen molar-refractivity contribution in [3.05, 3.63) is 47.8 Å². The second kappa shape index (κ2) is 9.98. The van der Waals surface area contributed by atoms with Crippen LogP contribution in [0.25, 0.3) is 5.65 Å². The number of anilines is 1. The molecule has 0 amide bonds. The first-order chi connectivity index (χ1) is 16.9. The van der Waals surface area contributed by atoms with Gasteiger partial charge in [0, 0.05) is 45.8 Å². The molecule has 2 aliphatic rings. The summed E-state index contributed by atoms with van der Waals surface area (Å²) in [5.74, 6) is 0.683. The lowest BCUT2D eigenvalue weighted by molar-refractivity contribution is -0.146. The van der Waals surface area contributed by atoms with E-state index in [-0.39, 0.29) is 5.65 Å². The minimum atomic E-state index is -4.60. The van der Waals surface area contributed by atoms with Gasteiger partial charge in [0.25, 0.3) is 5.82 Å². The maximum absolute atomic E-state index is 13.2. The van der Waals surface area contributed by atoms with Crippen LogP contribution in [0.1, 0.15) is 30.1 Å². The van der Waals surface area contributed by atoms with Crippen LogP contribution >= 0.6 is 0 Å². The van der Waals surface area contributed by atoms with Gasteiger partial charge in [0.1, 0.15) is 18.2 Å². The quantitative estimate of drug-likeness (QED) is 0.527. The van der Waals surface area contributed by atoms with Gasteiger partial charge in [-0.2, -0.15) is 17.7 Å². The molecule has 4 heterocycles. The average molecular weight is 490 g/mol. The Morgan fingerprint density at radius 1 is 0.914 bits per heavy atom. The Morgan fingerprint density at radius 2 is 1.63 bits per heavy atom. The standard InChI is InChI=1S/C24H30F3N7O/c1-31-12-14-32(15-13-31)16-17-35-20-4-2-18(3-5-20)19-8-10-33(11-9-19)22-7-6-21-28-29-23(24(25,26)27)34(21)30-22/h2-7,19H,8-17H2,1H3. The lowest BCUT2D eigenvalue weighted by Crippen LogP contribution is -2.45. The van der Waals surface area contributed by atoms with Gasteiger partial charge in [-0.05, 0) is 55.6 Å². The average Bonchev–Trinajstić information content (AvgIpc) is 3.30. The normalized spacial score (nSPS) is 18.9. The van der Waals surface area contributed by atoms with Crippen molar-refractivity contribution in [3.63, 3.8) is 0 Å². The Bertz CT molecular complexity index is 1120.